The summed E-state index contributed by atoms with van der Waals surface area (Å²) in [4.78, 5) is 20.5. The molecule has 0 radical (unpaired) electrons. The number of halogens is 1. The number of hydrogen-bond donors (Lipinski definition) is 2. The summed E-state index contributed by atoms with van der Waals surface area (Å²) >= 11 is 6.06. The van der Waals surface area contributed by atoms with Gasteiger partial charge in [0.1, 0.15) is 11.5 Å². The summed E-state index contributed by atoms with van der Waals surface area (Å²) < 4.78 is 4.95. The zero-order valence-electron chi connectivity index (χ0n) is 13.0. The third-order valence-corrected chi connectivity index (χ3v) is 3.59. The fourth-order valence-corrected chi connectivity index (χ4v) is 2.13. The van der Waals surface area contributed by atoms with Gasteiger partial charge in [-0.15, -0.1) is 0 Å². The van der Waals surface area contributed by atoms with E-state index in [-0.39, 0.29) is 17.5 Å². The van der Waals surface area contributed by atoms with Gasteiger partial charge in [0.05, 0.1) is 0 Å². The highest BCUT2D eigenvalue weighted by Gasteiger charge is 2.11. The smallest absolute Gasteiger partial charge is 0.274 e. The van der Waals surface area contributed by atoms with E-state index in [1.54, 1.807) is 25.1 Å². The van der Waals surface area contributed by atoms with Crippen molar-refractivity contribution in [2.45, 2.75) is 13.8 Å². The largest absolute Gasteiger partial charge is 0.360 e. The number of amides is 1. The minimum Gasteiger partial charge on any atom is -0.360 e. The molecular formula is C16H14ClN5O2. The van der Waals surface area contributed by atoms with Gasteiger partial charge in [-0.3, -0.25) is 4.79 Å². The third-order valence-electron chi connectivity index (χ3n) is 3.19. The Bertz CT molecular complexity index is 894. The van der Waals surface area contributed by atoms with Crippen LogP contribution in [0.2, 0.25) is 5.02 Å². The monoisotopic (exact) mass is 343 g/mol. The summed E-state index contributed by atoms with van der Waals surface area (Å²) in [5.74, 6) is 1.01. The number of anilines is 3. The molecule has 7 nitrogen and oxygen atoms in total. The fourth-order valence-electron chi connectivity index (χ4n) is 1.95. The molecule has 0 atom stereocenters. The highest BCUT2D eigenvalue weighted by molar-refractivity contribution is 6.31. The Balaban J connectivity index is 1.75. The zero-order valence-corrected chi connectivity index (χ0v) is 13.8. The second-order valence-electron chi connectivity index (χ2n) is 5.13. The fraction of sp³-hybridized carbons (Fsp3) is 0.125. The van der Waals surface area contributed by atoms with E-state index in [9.17, 15) is 4.79 Å². The van der Waals surface area contributed by atoms with Crippen molar-refractivity contribution in [1.82, 2.24) is 15.1 Å². The van der Waals surface area contributed by atoms with E-state index in [1.807, 2.05) is 13.0 Å². The van der Waals surface area contributed by atoms with E-state index in [0.29, 0.717) is 22.3 Å². The van der Waals surface area contributed by atoms with Crippen molar-refractivity contribution in [1.29, 1.82) is 0 Å². The lowest BCUT2D eigenvalue weighted by Gasteiger charge is -2.07. The molecule has 2 N–H and O–H groups in total. The molecule has 122 valence electrons. The van der Waals surface area contributed by atoms with Crippen LogP contribution in [0, 0.1) is 13.8 Å². The maximum atomic E-state index is 12.3. The third kappa shape index (κ3) is 3.69. The Hall–Kier alpha value is -2.93. The average molecular weight is 344 g/mol. The van der Waals surface area contributed by atoms with Crippen molar-refractivity contribution in [3.63, 3.8) is 0 Å². The highest BCUT2D eigenvalue weighted by atomic mass is 35.5. The number of aryl methyl sites for hydroxylation is 2. The van der Waals surface area contributed by atoms with Crippen LogP contribution in [0.4, 0.5) is 17.5 Å². The number of carbonyl (C=O) groups excluding carboxylic acids is 1. The average Bonchev–Trinajstić information content (AvgIpc) is 2.96. The molecule has 0 saturated heterocycles. The van der Waals surface area contributed by atoms with Crippen molar-refractivity contribution in [3.8, 4) is 0 Å². The molecule has 0 aliphatic carbocycles. The topological polar surface area (TPSA) is 92.9 Å². The molecule has 0 spiro atoms. The van der Waals surface area contributed by atoms with Crippen LogP contribution in [-0.2, 0) is 0 Å². The summed E-state index contributed by atoms with van der Waals surface area (Å²) in [6.45, 7) is 3.66. The molecule has 2 heterocycles. The van der Waals surface area contributed by atoms with Gasteiger partial charge in [0.25, 0.3) is 5.91 Å². The second-order valence-corrected chi connectivity index (χ2v) is 5.54. The number of hydrogen-bond acceptors (Lipinski definition) is 6. The van der Waals surface area contributed by atoms with Crippen molar-refractivity contribution < 1.29 is 9.32 Å². The molecule has 8 heteroatoms. The van der Waals surface area contributed by atoms with E-state index in [2.05, 4.69) is 25.8 Å². The minimum atomic E-state index is -0.364. The summed E-state index contributed by atoms with van der Waals surface area (Å²) in [5.41, 5.74) is 1.74. The Kier molecular flexibility index (Phi) is 4.43. The first-order chi connectivity index (χ1) is 11.5. The Labute approximate surface area is 143 Å². The normalized spacial score (nSPS) is 10.5. The summed E-state index contributed by atoms with van der Waals surface area (Å²) in [6.07, 6.45) is 1.49. The number of nitrogens with one attached hydrogen (secondary N) is 2. The first-order valence-corrected chi connectivity index (χ1v) is 7.50. The number of carbonyl (C=O) groups is 1. The molecule has 0 aliphatic rings. The maximum absolute atomic E-state index is 12.3. The Morgan fingerprint density at radius 3 is 2.75 bits per heavy atom. The van der Waals surface area contributed by atoms with E-state index in [0.717, 1.165) is 5.56 Å². The Morgan fingerprint density at radius 2 is 2.04 bits per heavy atom. The number of nitrogens with zero attached hydrogens (tertiary/aromatic N) is 3. The first-order valence-electron chi connectivity index (χ1n) is 7.12. The predicted molar refractivity (Wildman–Crippen MR) is 90.7 cm³/mol. The standard InChI is InChI=1S/C16H14ClN5O2/c1-9-3-4-11(8-12(9)17)19-15(23)13-5-6-18-16(20-13)21-14-7-10(2)24-22-14/h3-8H,1-2H3,(H,19,23)(H,18,20,21,22). The second kappa shape index (κ2) is 6.67. The molecule has 0 aliphatic heterocycles. The molecule has 3 aromatic rings. The van der Waals surface area contributed by atoms with Gasteiger partial charge >= 0.3 is 0 Å². The van der Waals surface area contributed by atoms with Gasteiger partial charge in [-0.05, 0) is 37.6 Å². The zero-order chi connectivity index (χ0) is 17.1. The molecule has 0 bridgehead atoms. The van der Waals surface area contributed by atoms with E-state index >= 15 is 0 Å². The predicted octanol–water partition coefficient (Wildman–Crippen LogP) is 3.73. The first kappa shape index (κ1) is 15.9. The molecule has 1 amide bonds. The van der Waals surface area contributed by atoms with Gasteiger partial charge in [0, 0.05) is 23.0 Å². The van der Waals surface area contributed by atoms with Crippen molar-refractivity contribution in [2.75, 3.05) is 10.6 Å². The summed E-state index contributed by atoms with van der Waals surface area (Å²) in [5, 5.41) is 9.99. The van der Waals surface area contributed by atoms with E-state index in [4.69, 9.17) is 16.1 Å². The van der Waals surface area contributed by atoms with Crippen LogP contribution in [0.15, 0.2) is 41.1 Å². The number of rotatable bonds is 4. The van der Waals surface area contributed by atoms with Crippen LogP contribution < -0.4 is 10.6 Å². The van der Waals surface area contributed by atoms with Gasteiger partial charge in [-0.1, -0.05) is 22.8 Å². The van der Waals surface area contributed by atoms with E-state index < -0.39 is 0 Å². The van der Waals surface area contributed by atoms with Crippen molar-refractivity contribution in [2.24, 2.45) is 0 Å². The van der Waals surface area contributed by atoms with Gasteiger partial charge in [-0.2, -0.15) is 0 Å². The van der Waals surface area contributed by atoms with Gasteiger partial charge in [0.2, 0.25) is 5.95 Å². The molecule has 0 saturated carbocycles. The van der Waals surface area contributed by atoms with E-state index in [1.165, 1.54) is 12.3 Å². The van der Waals surface area contributed by atoms with Crippen LogP contribution in [0.1, 0.15) is 21.8 Å². The molecule has 3 rings (SSSR count). The maximum Gasteiger partial charge on any atom is 0.274 e. The number of aromatic nitrogens is 3. The van der Waals surface area contributed by atoms with Gasteiger partial charge in [-0.25, -0.2) is 9.97 Å². The Morgan fingerprint density at radius 1 is 1.21 bits per heavy atom. The van der Waals surface area contributed by atoms with Gasteiger partial charge < -0.3 is 15.2 Å². The van der Waals surface area contributed by atoms with Crippen molar-refractivity contribution >= 4 is 35.0 Å². The molecule has 0 fully saturated rings. The molecule has 0 unspecified atom stereocenters. The molecule has 2 aromatic heterocycles. The van der Waals surface area contributed by atoms with Crippen LogP contribution in [0.25, 0.3) is 0 Å². The quantitative estimate of drug-likeness (QED) is 0.749. The van der Waals surface area contributed by atoms with Gasteiger partial charge in [0.15, 0.2) is 5.82 Å². The summed E-state index contributed by atoms with van der Waals surface area (Å²) in [6, 6.07) is 8.51. The van der Waals surface area contributed by atoms with Crippen LogP contribution >= 0.6 is 11.6 Å². The molecule has 24 heavy (non-hydrogen) atoms. The van der Waals surface area contributed by atoms with Crippen LogP contribution in [-0.4, -0.2) is 21.0 Å². The number of benzene rings is 1. The summed E-state index contributed by atoms with van der Waals surface area (Å²) in [7, 11) is 0. The lowest BCUT2D eigenvalue weighted by molar-refractivity contribution is 0.102. The highest BCUT2D eigenvalue weighted by Crippen LogP contribution is 2.20. The van der Waals surface area contributed by atoms with Crippen LogP contribution in [0.5, 0.6) is 0 Å². The minimum absolute atomic E-state index is 0.212. The van der Waals surface area contributed by atoms with Crippen molar-refractivity contribution in [3.05, 3.63) is 58.6 Å². The molecular weight excluding hydrogens is 330 g/mol. The SMILES string of the molecule is Cc1cc(Nc2nccc(C(=O)Nc3ccc(C)c(Cl)c3)n2)no1. The molecule has 1 aromatic carbocycles. The van der Waals surface area contributed by atoms with Crippen LogP contribution in [0.3, 0.4) is 0 Å². The lowest BCUT2D eigenvalue weighted by Crippen LogP contribution is -2.14. The lowest BCUT2D eigenvalue weighted by atomic mass is 10.2.